The Morgan fingerprint density at radius 1 is 0.920 bits per heavy atom. The number of methoxy groups -OCH3 is 1. The number of hydrogen-bond acceptors (Lipinski definition) is 12. The van der Waals surface area contributed by atoms with E-state index < -0.39 is 74.0 Å². The second-order valence-corrected chi connectivity index (χ2v) is 5.75. The van der Waals surface area contributed by atoms with E-state index in [4.69, 9.17) is 19.3 Å². The Bertz CT molecular complexity index is 460. The molecule has 12 heteroatoms. The number of rotatable bonds is 4. The third-order valence-corrected chi connectivity index (χ3v) is 4.14. The van der Waals surface area contributed by atoms with Crippen LogP contribution >= 0.6 is 0 Å². The van der Waals surface area contributed by atoms with Gasteiger partial charge in [-0.2, -0.15) is 0 Å². The molecule has 146 valence electrons. The van der Waals surface area contributed by atoms with Gasteiger partial charge in [-0.15, -0.1) is 0 Å². The van der Waals surface area contributed by atoms with Crippen LogP contribution in [-0.4, -0.2) is 117 Å². The van der Waals surface area contributed by atoms with Crippen LogP contribution < -0.4 is 0 Å². The van der Waals surface area contributed by atoms with Crippen molar-refractivity contribution in [3.63, 3.8) is 0 Å². The van der Waals surface area contributed by atoms with Crippen LogP contribution in [0, 0.1) is 0 Å². The van der Waals surface area contributed by atoms with Gasteiger partial charge in [0.05, 0.1) is 13.7 Å². The molecule has 2 fully saturated rings. The van der Waals surface area contributed by atoms with Gasteiger partial charge < -0.3 is 54.7 Å². The first-order valence-corrected chi connectivity index (χ1v) is 7.46. The van der Waals surface area contributed by atoms with Crippen LogP contribution in [0.5, 0.6) is 0 Å². The van der Waals surface area contributed by atoms with Gasteiger partial charge in [0.15, 0.2) is 18.7 Å². The van der Waals surface area contributed by atoms with Crippen molar-refractivity contribution in [1.29, 1.82) is 0 Å². The number of ether oxygens (including phenoxy) is 4. The summed E-state index contributed by atoms with van der Waals surface area (Å²) in [5.41, 5.74) is 0. The van der Waals surface area contributed by atoms with Gasteiger partial charge in [0, 0.05) is 0 Å². The van der Waals surface area contributed by atoms with Gasteiger partial charge in [-0.1, -0.05) is 0 Å². The van der Waals surface area contributed by atoms with Crippen LogP contribution in [0.4, 0.5) is 0 Å². The van der Waals surface area contributed by atoms with Gasteiger partial charge in [-0.3, -0.25) is 0 Å². The van der Waals surface area contributed by atoms with Crippen LogP contribution in [-0.2, 0) is 23.7 Å². The average molecular weight is 370 g/mol. The highest BCUT2D eigenvalue weighted by molar-refractivity contribution is 5.75. The Hall–Kier alpha value is -0.930. The van der Waals surface area contributed by atoms with Gasteiger partial charge in [0.1, 0.15) is 42.7 Å². The minimum atomic E-state index is -1.85. The van der Waals surface area contributed by atoms with Crippen LogP contribution in [0.3, 0.4) is 0 Å². The monoisotopic (exact) mass is 370 g/mol. The summed E-state index contributed by atoms with van der Waals surface area (Å²) in [5.74, 6) is -1.05. The lowest BCUT2D eigenvalue weighted by molar-refractivity contribution is -0.358. The van der Waals surface area contributed by atoms with Gasteiger partial charge in [-0.25, -0.2) is 4.79 Å². The molecule has 10 atom stereocenters. The van der Waals surface area contributed by atoms with E-state index in [0.29, 0.717) is 0 Å². The first kappa shape index (κ1) is 20.4. The number of carbonyl (C=O) groups is 1. The molecule has 0 radical (unpaired) electrons. The topological polar surface area (TPSA) is 196 Å². The molecule has 2 saturated heterocycles. The Balaban J connectivity index is 2.13. The summed E-state index contributed by atoms with van der Waals surface area (Å²) in [5, 5.41) is 68.2. The van der Waals surface area contributed by atoms with Gasteiger partial charge in [0.25, 0.3) is 0 Å². The van der Waals surface area contributed by atoms with Crippen LogP contribution in [0.2, 0.25) is 0 Å². The molecule has 7 N–H and O–H groups in total. The van der Waals surface area contributed by atoms with Crippen molar-refractivity contribution in [1.82, 2.24) is 0 Å². The number of aliphatic hydroxyl groups is 7. The summed E-state index contributed by atoms with van der Waals surface area (Å²) in [4.78, 5) is 11.6. The summed E-state index contributed by atoms with van der Waals surface area (Å²) in [6.07, 6.45) is -17.0. The number of aliphatic hydroxyl groups excluding tert-OH is 7. The zero-order chi connectivity index (χ0) is 18.9. The fraction of sp³-hybridized carbons (Fsp3) is 0.923. The third-order valence-electron chi connectivity index (χ3n) is 4.14. The molecule has 0 aromatic rings. The second kappa shape index (κ2) is 8.18. The Morgan fingerprint density at radius 3 is 2.12 bits per heavy atom. The number of carbonyl (C=O) groups excluding carboxylic acids is 1. The minimum absolute atomic E-state index is 0.681. The van der Waals surface area contributed by atoms with E-state index in [-0.39, 0.29) is 0 Å². The average Bonchev–Trinajstić information content (AvgIpc) is 2.60. The maximum Gasteiger partial charge on any atom is 0.337 e. The Labute approximate surface area is 141 Å². The molecule has 0 spiro atoms. The maximum atomic E-state index is 11.6. The number of hydrogen-bond donors (Lipinski definition) is 7. The molecule has 0 unspecified atom stereocenters. The van der Waals surface area contributed by atoms with E-state index in [1.165, 1.54) is 0 Å². The molecule has 0 saturated carbocycles. The largest absolute Gasteiger partial charge is 0.467 e. The van der Waals surface area contributed by atoms with Crippen molar-refractivity contribution in [2.75, 3.05) is 13.7 Å². The Kier molecular flexibility index (Phi) is 6.67. The molecular weight excluding hydrogens is 348 g/mol. The molecule has 2 heterocycles. The van der Waals surface area contributed by atoms with Crippen molar-refractivity contribution in [2.24, 2.45) is 0 Å². The zero-order valence-corrected chi connectivity index (χ0v) is 13.2. The molecule has 25 heavy (non-hydrogen) atoms. The molecule has 12 nitrogen and oxygen atoms in total. The Morgan fingerprint density at radius 2 is 1.56 bits per heavy atom. The number of esters is 1. The highest BCUT2D eigenvalue weighted by Gasteiger charge is 2.51. The zero-order valence-electron chi connectivity index (χ0n) is 13.2. The van der Waals surface area contributed by atoms with Crippen LogP contribution in [0.25, 0.3) is 0 Å². The molecule has 2 aliphatic heterocycles. The summed E-state index contributed by atoms with van der Waals surface area (Å²) in [6, 6.07) is 0. The first-order chi connectivity index (χ1) is 11.7. The van der Waals surface area contributed by atoms with E-state index in [9.17, 15) is 35.4 Å². The van der Waals surface area contributed by atoms with Crippen molar-refractivity contribution in [3.05, 3.63) is 0 Å². The summed E-state index contributed by atoms with van der Waals surface area (Å²) >= 11 is 0. The lowest BCUT2D eigenvalue weighted by atomic mass is 9.97. The van der Waals surface area contributed by atoms with Crippen molar-refractivity contribution in [2.45, 2.75) is 61.4 Å². The standard InChI is InChI=1S/C13H22O12/c1-22-11(20)9-7(18)5(16)8(19)13(24-9)25-10-6(17)4(15)3(2-14)23-12(10)21/h3-10,12-19,21H,2H2,1H3/t3-,4-,5+,6+,7+,8-,9+,10-,12+,13-/m1/s1. The van der Waals surface area contributed by atoms with E-state index in [1.54, 1.807) is 0 Å². The minimum Gasteiger partial charge on any atom is -0.467 e. The highest BCUT2D eigenvalue weighted by Crippen LogP contribution is 2.28. The fourth-order valence-electron chi connectivity index (χ4n) is 2.64. The van der Waals surface area contributed by atoms with Gasteiger partial charge >= 0.3 is 5.97 Å². The lowest BCUT2D eigenvalue weighted by Crippen LogP contribution is -2.64. The molecule has 0 amide bonds. The molecule has 0 aliphatic carbocycles. The highest BCUT2D eigenvalue weighted by atomic mass is 16.7. The van der Waals surface area contributed by atoms with E-state index in [0.717, 1.165) is 7.11 Å². The van der Waals surface area contributed by atoms with E-state index >= 15 is 0 Å². The van der Waals surface area contributed by atoms with Crippen LogP contribution in [0.15, 0.2) is 0 Å². The van der Waals surface area contributed by atoms with Crippen molar-refractivity contribution >= 4 is 5.97 Å². The molecule has 0 aromatic heterocycles. The third kappa shape index (κ3) is 3.93. The SMILES string of the molecule is COC(=O)[C@H]1O[C@H](O[C@@H]2[C@@H](O)[C@H](O)[C@@H](CO)O[C@@H]2O)[C@H](O)[C@@H](O)[C@@H]1O. The summed E-state index contributed by atoms with van der Waals surface area (Å²) in [7, 11) is 1.01. The predicted octanol–water partition coefficient (Wildman–Crippen LogP) is -5.22. The molecule has 2 aliphatic rings. The van der Waals surface area contributed by atoms with Crippen molar-refractivity contribution in [3.8, 4) is 0 Å². The summed E-state index contributed by atoms with van der Waals surface area (Å²) < 4.78 is 19.5. The molecular formula is C13H22O12. The predicted molar refractivity (Wildman–Crippen MR) is 73.5 cm³/mol. The smallest absolute Gasteiger partial charge is 0.337 e. The molecule has 2 rings (SSSR count). The quantitative estimate of drug-likeness (QED) is 0.233. The lowest BCUT2D eigenvalue weighted by Gasteiger charge is -2.44. The van der Waals surface area contributed by atoms with E-state index in [2.05, 4.69) is 4.74 Å². The maximum absolute atomic E-state index is 11.6. The van der Waals surface area contributed by atoms with Crippen LogP contribution in [0.1, 0.15) is 0 Å². The van der Waals surface area contributed by atoms with E-state index in [1.807, 2.05) is 0 Å². The molecule has 0 bridgehead atoms. The van der Waals surface area contributed by atoms with Gasteiger partial charge in [0.2, 0.25) is 0 Å². The normalized spacial score (nSPS) is 48.2. The second-order valence-electron chi connectivity index (χ2n) is 5.75. The van der Waals surface area contributed by atoms with Crippen molar-refractivity contribution < 1.29 is 59.5 Å². The summed E-state index contributed by atoms with van der Waals surface area (Å²) in [6.45, 7) is -0.681. The first-order valence-electron chi connectivity index (χ1n) is 7.46. The molecule has 0 aromatic carbocycles. The van der Waals surface area contributed by atoms with Gasteiger partial charge in [-0.05, 0) is 0 Å². The fourth-order valence-corrected chi connectivity index (χ4v) is 2.64.